The second-order valence-electron chi connectivity index (χ2n) is 4.50. The Balaban J connectivity index is 1.98. The van der Waals surface area contributed by atoms with Crippen LogP contribution in [0.3, 0.4) is 0 Å². The van der Waals surface area contributed by atoms with E-state index in [0.717, 1.165) is 0 Å². The van der Waals surface area contributed by atoms with Crippen LogP contribution in [0.4, 0.5) is 0 Å². The number of hydrogen-bond acceptors (Lipinski definition) is 4. The molecule has 2 aromatic rings. The number of benzene rings is 1. The average molecular weight is 302 g/mol. The maximum absolute atomic E-state index is 11.8. The van der Waals surface area contributed by atoms with E-state index in [-0.39, 0.29) is 5.91 Å². The van der Waals surface area contributed by atoms with Crippen molar-refractivity contribution in [3.63, 3.8) is 0 Å². The van der Waals surface area contributed by atoms with Crippen molar-refractivity contribution in [2.45, 2.75) is 13.2 Å². The maximum Gasteiger partial charge on any atom is 0.243 e. The number of halogens is 1. The fourth-order valence-electron chi connectivity index (χ4n) is 2.05. The van der Waals surface area contributed by atoms with E-state index < -0.39 is 6.23 Å². The Labute approximate surface area is 126 Å². The molecule has 0 unspecified atom stereocenters. The number of carbonyl (C=O) groups excluding carboxylic acids is 1. The number of rotatable bonds is 2. The Kier molecular flexibility index (Phi) is 3.58. The second kappa shape index (κ2) is 5.54. The molecule has 1 amide bonds. The molecule has 3 rings (SSSR count). The fraction of sp³-hybridized carbons (Fsp3) is 0.133. The van der Waals surface area contributed by atoms with Crippen molar-refractivity contribution < 1.29 is 9.53 Å². The molecule has 0 radical (unpaired) electrons. The third kappa shape index (κ3) is 2.60. The van der Waals surface area contributed by atoms with Crippen molar-refractivity contribution in [1.29, 1.82) is 0 Å². The van der Waals surface area contributed by atoms with Crippen molar-refractivity contribution in [2.75, 3.05) is 0 Å². The summed E-state index contributed by atoms with van der Waals surface area (Å²) >= 11 is 6.19. The maximum atomic E-state index is 11.8. The van der Waals surface area contributed by atoms with E-state index in [0.29, 0.717) is 22.0 Å². The summed E-state index contributed by atoms with van der Waals surface area (Å²) in [6.45, 7) is 1.43. The predicted molar refractivity (Wildman–Crippen MR) is 78.6 cm³/mol. The van der Waals surface area contributed by atoms with E-state index in [9.17, 15) is 4.79 Å². The van der Waals surface area contributed by atoms with Crippen molar-refractivity contribution in [1.82, 2.24) is 9.99 Å². The number of hydrogen-bond donors (Lipinski definition) is 0. The SMILES string of the molecule is CC(=O)N1N=C(c2cccnc2)O[C@@H]1c1ccccc1Cl. The summed E-state index contributed by atoms with van der Waals surface area (Å²) in [5, 5.41) is 6.04. The van der Waals surface area contributed by atoms with Crippen LogP contribution < -0.4 is 0 Å². The van der Waals surface area contributed by atoms with Gasteiger partial charge >= 0.3 is 0 Å². The molecule has 0 spiro atoms. The van der Waals surface area contributed by atoms with Crippen LogP contribution in [0.25, 0.3) is 0 Å². The number of hydrazone groups is 1. The van der Waals surface area contributed by atoms with Gasteiger partial charge in [-0.25, -0.2) is 0 Å². The summed E-state index contributed by atoms with van der Waals surface area (Å²) in [5.41, 5.74) is 1.40. The summed E-state index contributed by atoms with van der Waals surface area (Å²) in [7, 11) is 0. The number of nitrogens with zero attached hydrogens (tertiary/aromatic N) is 3. The molecular formula is C15H12ClN3O2. The van der Waals surface area contributed by atoms with Gasteiger partial charge in [-0.3, -0.25) is 9.78 Å². The molecule has 21 heavy (non-hydrogen) atoms. The third-order valence-electron chi connectivity index (χ3n) is 3.05. The Morgan fingerprint density at radius 1 is 1.29 bits per heavy atom. The first-order chi connectivity index (χ1) is 10.2. The summed E-state index contributed by atoms with van der Waals surface area (Å²) in [6.07, 6.45) is 2.63. The highest BCUT2D eigenvalue weighted by Gasteiger charge is 2.34. The lowest BCUT2D eigenvalue weighted by molar-refractivity contribution is -0.135. The summed E-state index contributed by atoms with van der Waals surface area (Å²) in [5.74, 6) is 0.127. The zero-order valence-corrected chi connectivity index (χ0v) is 12.0. The molecule has 0 saturated carbocycles. The smallest absolute Gasteiger partial charge is 0.243 e. The first-order valence-corrected chi connectivity index (χ1v) is 6.74. The largest absolute Gasteiger partial charge is 0.446 e. The lowest BCUT2D eigenvalue weighted by atomic mass is 10.2. The molecule has 6 heteroatoms. The monoisotopic (exact) mass is 301 g/mol. The molecule has 0 aliphatic carbocycles. The molecular weight excluding hydrogens is 290 g/mol. The summed E-state index contributed by atoms with van der Waals surface area (Å²) in [4.78, 5) is 15.8. The quantitative estimate of drug-likeness (QED) is 0.857. The van der Waals surface area contributed by atoms with Crippen molar-refractivity contribution in [2.24, 2.45) is 5.10 Å². The van der Waals surface area contributed by atoms with Gasteiger partial charge in [-0.05, 0) is 18.2 Å². The first-order valence-electron chi connectivity index (χ1n) is 6.36. The van der Waals surface area contributed by atoms with Gasteiger partial charge in [-0.2, -0.15) is 5.01 Å². The molecule has 2 heterocycles. The van der Waals surface area contributed by atoms with Crippen molar-refractivity contribution in [3.05, 3.63) is 64.9 Å². The Hall–Kier alpha value is -2.40. The molecule has 1 aliphatic rings. The molecule has 5 nitrogen and oxygen atoms in total. The number of amides is 1. The number of aromatic nitrogens is 1. The molecule has 1 atom stereocenters. The van der Waals surface area contributed by atoms with Gasteiger partial charge in [-0.15, -0.1) is 5.10 Å². The van der Waals surface area contributed by atoms with Gasteiger partial charge in [0.25, 0.3) is 0 Å². The number of carbonyl (C=O) groups is 1. The topological polar surface area (TPSA) is 54.8 Å². The average Bonchev–Trinajstić information content (AvgIpc) is 2.94. The second-order valence-corrected chi connectivity index (χ2v) is 4.91. The van der Waals surface area contributed by atoms with Crippen LogP contribution in [0.15, 0.2) is 53.9 Å². The van der Waals surface area contributed by atoms with Gasteiger partial charge < -0.3 is 4.74 Å². The van der Waals surface area contributed by atoms with Crippen molar-refractivity contribution >= 4 is 23.4 Å². The highest BCUT2D eigenvalue weighted by molar-refractivity contribution is 6.31. The standard InChI is InChI=1S/C15H12ClN3O2/c1-10(20)19-15(12-6-2-3-7-13(12)16)21-14(18-19)11-5-4-8-17-9-11/h2-9,15H,1H3/t15-/m1/s1. The van der Waals surface area contributed by atoms with Crippen LogP contribution in [0, 0.1) is 0 Å². The Morgan fingerprint density at radius 2 is 2.10 bits per heavy atom. The lowest BCUT2D eigenvalue weighted by Crippen LogP contribution is -2.25. The minimum atomic E-state index is -0.661. The Bertz CT molecular complexity index is 703. The molecule has 1 aliphatic heterocycles. The van der Waals surface area contributed by atoms with Crippen LogP contribution in [0.2, 0.25) is 5.02 Å². The summed E-state index contributed by atoms with van der Waals surface area (Å²) < 4.78 is 5.82. The van der Waals surface area contributed by atoms with Crippen molar-refractivity contribution in [3.8, 4) is 0 Å². The number of ether oxygens (including phenoxy) is 1. The third-order valence-corrected chi connectivity index (χ3v) is 3.39. The zero-order valence-electron chi connectivity index (χ0n) is 11.2. The molecule has 0 saturated heterocycles. The molecule has 106 valence electrons. The van der Waals surface area contributed by atoms with Gasteiger partial charge in [-0.1, -0.05) is 29.8 Å². The minimum Gasteiger partial charge on any atom is -0.446 e. The van der Waals surface area contributed by atoms with E-state index in [1.807, 2.05) is 24.3 Å². The first kappa shape index (κ1) is 13.6. The van der Waals surface area contributed by atoms with E-state index in [1.54, 1.807) is 24.5 Å². The molecule has 1 aromatic heterocycles. The van der Waals surface area contributed by atoms with Crippen LogP contribution in [0.5, 0.6) is 0 Å². The molecule has 0 bridgehead atoms. The van der Waals surface area contributed by atoms with Crippen LogP contribution >= 0.6 is 11.6 Å². The summed E-state index contributed by atoms with van der Waals surface area (Å²) in [6, 6.07) is 10.8. The highest BCUT2D eigenvalue weighted by atomic mass is 35.5. The van der Waals surface area contributed by atoms with Gasteiger partial charge in [0.15, 0.2) is 0 Å². The number of pyridine rings is 1. The van der Waals surface area contributed by atoms with Gasteiger partial charge in [0.05, 0.1) is 5.56 Å². The van der Waals surface area contributed by atoms with Crippen LogP contribution in [-0.2, 0) is 9.53 Å². The van der Waals surface area contributed by atoms with Gasteiger partial charge in [0.2, 0.25) is 18.0 Å². The van der Waals surface area contributed by atoms with E-state index >= 15 is 0 Å². The lowest BCUT2D eigenvalue weighted by Gasteiger charge is -2.20. The minimum absolute atomic E-state index is 0.223. The van der Waals surface area contributed by atoms with Gasteiger partial charge in [0.1, 0.15) is 0 Å². The predicted octanol–water partition coefficient (Wildman–Crippen LogP) is 2.97. The van der Waals surface area contributed by atoms with E-state index in [2.05, 4.69) is 10.1 Å². The molecule has 1 aromatic carbocycles. The zero-order chi connectivity index (χ0) is 14.8. The van der Waals surface area contributed by atoms with Gasteiger partial charge in [0, 0.05) is 29.9 Å². The fourth-order valence-corrected chi connectivity index (χ4v) is 2.28. The molecule has 0 fully saturated rings. The van der Waals surface area contributed by atoms with Crippen LogP contribution in [-0.4, -0.2) is 21.8 Å². The Morgan fingerprint density at radius 3 is 2.76 bits per heavy atom. The van der Waals surface area contributed by atoms with E-state index in [1.165, 1.54) is 11.9 Å². The highest BCUT2D eigenvalue weighted by Crippen LogP contribution is 2.33. The van der Waals surface area contributed by atoms with E-state index in [4.69, 9.17) is 16.3 Å². The van der Waals surface area contributed by atoms with Crippen LogP contribution in [0.1, 0.15) is 24.3 Å². The normalized spacial score (nSPS) is 17.3. The molecule has 0 N–H and O–H groups in total.